The Hall–Kier alpha value is -2.56. The summed E-state index contributed by atoms with van der Waals surface area (Å²) in [4.78, 5) is 17.8. The van der Waals surface area contributed by atoms with Crippen molar-refractivity contribution < 1.29 is 13.9 Å². The van der Waals surface area contributed by atoms with Crippen molar-refractivity contribution in [1.29, 1.82) is 0 Å². The van der Waals surface area contributed by atoms with Crippen LogP contribution in [0.25, 0.3) is 0 Å². The number of hydrogen-bond acceptors (Lipinski definition) is 4. The average molecular weight is 541 g/mol. The summed E-state index contributed by atoms with van der Waals surface area (Å²) in [6.07, 6.45) is -0.161. The largest absolute Gasteiger partial charge is 0.489 e. The number of piperazine rings is 1. The number of amides is 1. The first kappa shape index (κ1) is 24.7. The monoisotopic (exact) mass is 541 g/mol. The van der Waals surface area contributed by atoms with Gasteiger partial charge in [0.15, 0.2) is 5.96 Å². The van der Waals surface area contributed by atoms with Gasteiger partial charge in [-0.1, -0.05) is 18.2 Å². The maximum absolute atomic E-state index is 13.3. The third-order valence-electron chi connectivity index (χ3n) is 4.71. The topological polar surface area (TPSA) is 78.0 Å². The van der Waals surface area contributed by atoms with Crippen molar-refractivity contribution in [3.8, 4) is 5.75 Å². The fourth-order valence-corrected chi connectivity index (χ4v) is 3.14. The number of ether oxygens (including phenoxy) is 1. The molecule has 31 heavy (non-hydrogen) atoms. The molecule has 0 saturated carbocycles. The molecule has 1 amide bonds. The third kappa shape index (κ3) is 7.89. The second kappa shape index (κ2) is 12.3. The van der Waals surface area contributed by atoms with Crippen LogP contribution in [0, 0.1) is 5.82 Å². The van der Waals surface area contributed by atoms with Crippen LogP contribution in [0.1, 0.15) is 12.5 Å². The fraction of sp³-hybridized carbons (Fsp3) is 0.364. The van der Waals surface area contributed by atoms with Crippen molar-refractivity contribution >= 4 is 41.5 Å². The van der Waals surface area contributed by atoms with E-state index in [0.717, 1.165) is 17.8 Å². The van der Waals surface area contributed by atoms with Gasteiger partial charge in [-0.15, -0.1) is 24.0 Å². The van der Waals surface area contributed by atoms with E-state index in [1.165, 1.54) is 12.1 Å². The van der Waals surface area contributed by atoms with E-state index in [2.05, 4.69) is 25.8 Å². The molecule has 1 fully saturated rings. The highest BCUT2D eigenvalue weighted by Gasteiger charge is 2.16. The molecule has 3 N–H and O–H groups in total. The van der Waals surface area contributed by atoms with Crippen LogP contribution >= 0.6 is 24.0 Å². The van der Waals surface area contributed by atoms with Gasteiger partial charge < -0.3 is 25.6 Å². The lowest BCUT2D eigenvalue weighted by molar-refractivity contribution is -0.120. The summed E-state index contributed by atoms with van der Waals surface area (Å²) < 4.78 is 19.0. The highest BCUT2D eigenvalue weighted by molar-refractivity contribution is 14.0. The maximum atomic E-state index is 13.3. The minimum Gasteiger partial charge on any atom is -0.489 e. The average Bonchev–Trinajstić information content (AvgIpc) is 2.74. The Bertz CT molecular complexity index is 878. The molecule has 2 aromatic rings. The van der Waals surface area contributed by atoms with Gasteiger partial charge in [0.2, 0.25) is 5.91 Å². The van der Waals surface area contributed by atoms with Gasteiger partial charge in [-0.2, -0.15) is 0 Å². The van der Waals surface area contributed by atoms with Gasteiger partial charge in [0, 0.05) is 38.4 Å². The predicted octanol–water partition coefficient (Wildman–Crippen LogP) is 2.51. The van der Waals surface area contributed by atoms with Crippen LogP contribution in [-0.2, 0) is 11.3 Å². The zero-order chi connectivity index (χ0) is 21.3. The molecule has 0 spiro atoms. The van der Waals surface area contributed by atoms with E-state index in [1.807, 2.05) is 31.2 Å². The Labute approximate surface area is 199 Å². The first-order valence-electron chi connectivity index (χ1n) is 10.0. The SMILES string of the molecule is CN=C(NCc1ccc(N2CCNC(=O)C2)cc1)NCC(C)Oc1cccc(F)c1.I. The number of nitrogens with zero attached hydrogens (tertiary/aromatic N) is 2. The van der Waals surface area contributed by atoms with Gasteiger partial charge in [0.05, 0.1) is 13.1 Å². The Morgan fingerprint density at radius 2 is 2.03 bits per heavy atom. The van der Waals surface area contributed by atoms with Crippen molar-refractivity contribution in [2.75, 3.05) is 38.1 Å². The molecular weight excluding hydrogens is 512 g/mol. The zero-order valence-electron chi connectivity index (χ0n) is 17.7. The van der Waals surface area contributed by atoms with Gasteiger partial charge in [-0.25, -0.2) is 4.39 Å². The molecule has 2 aromatic carbocycles. The van der Waals surface area contributed by atoms with Gasteiger partial charge >= 0.3 is 0 Å². The maximum Gasteiger partial charge on any atom is 0.239 e. The van der Waals surface area contributed by atoms with Crippen molar-refractivity contribution in [3.63, 3.8) is 0 Å². The van der Waals surface area contributed by atoms with E-state index in [-0.39, 0.29) is 41.8 Å². The summed E-state index contributed by atoms with van der Waals surface area (Å²) in [5.41, 5.74) is 2.15. The predicted molar refractivity (Wildman–Crippen MR) is 132 cm³/mol. The smallest absolute Gasteiger partial charge is 0.239 e. The zero-order valence-corrected chi connectivity index (χ0v) is 20.1. The minimum atomic E-state index is -0.320. The summed E-state index contributed by atoms with van der Waals surface area (Å²) in [6, 6.07) is 14.2. The Morgan fingerprint density at radius 3 is 2.71 bits per heavy atom. The Morgan fingerprint density at radius 1 is 1.26 bits per heavy atom. The molecule has 0 aromatic heterocycles. The van der Waals surface area contributed by atoms with Gasteiger partial charge in [0.1, 0.15) is 17.7 Å². The summed E-state index contributed by atoms with van der Waals surface area (Å²) in [6.45, 7) is 4.92. The van der Waals surface area contributed by atoms with E-state index in [1.54, 1.807) is 19.2 Å². The normalized spacial score (nSPS) is 14.9. The number of carbonyl (C=O) groups excluding carboxylic acids is 1. The van der Waals surface area contributed by atoms with Gasteiger partial charge in [-0.05, 0) is 36.8 Å². The standard InChI is InChI=1S/C22H28FN5O2.HI/c1-16(30-20-5-3-4-18(23)12-20)13-26-22(24-2)27-14-17-6-8-19(9-7-17)28-11-10-25-21(29)15-28;/h3-9,12,16H,10-11,13-15H2,1-2H3,(H,25,29)(H2,24,26,27);1H. The number of carbonyl (C=O) groups is 1. The number of halogens is 2. The summed E-state index contributed by atoms with van der Waals surface area (Å²) in [5, 5.41) is 9.31. The number of nitrogens with one attached hydrogen (secondary N) is 3. The fourth-order valence-electron chi connectivity index (χ4n) is 3.14. The van der Waals surface area contributed by atoms with Crippen molar-refractivity contribution in [1.82, 2.24) is 16.0 Å². The van der Waals surface area contributed by atoms with E-state index in [0.29, 0.717) is 37.9 Å². The molecule has 1 aliphatic rings. The van der Waals surface area contributed by atoms with E-state index >= 15 is 0 Å². The molecule has 9 heteroatoms. The number of rotatable bonds is 7. The molecule has 1 heterocycles. The lowest BCUT2D eigenvalue weighted by atomic mass is 10.2. The molecule has 0 aliphatic carbocycles. The van der Waals surface area contributed by atoms with Crippen molar-refractivity contribution in [3.05, 3.63) is 59.9 Å². The highest BCUT2D eigenvalue weighted by atomic mass is 127. The third-order valence-corrected chi connectivity index (χ3v) is 4.71. The van der Waals surface area contributed by atoms with Crippen molar-refractivity contribution in [2.24, 2.45) is 4.99 Å². The van der Waals surface area contributed by atoms with Crippen LogP contribution in [0.3, 0.4) is 0 Å². The number of benzene rings is 2. The molecule has 3 rings (SSSR count). The molecule has 1 unspecified atom stereocenters. The number of aliphatic imine (C=N–C) groups is 1. The van der Waals surface area contributed by atoms with Gasteiger partial charge in [-0.3, -0.25) is 9.79 Å². The molecule has 7 nitrogen and oxygen atoms in total. The second-order valence-corrected chi connectivity index (χ2v) is 7.13. The van der Waals surface area contributed by atoms with Crippen LogP contribution < -0.4 is 25.6 Å². The second-order valence-electron chi connectivity index (χ2n) is 7.13. The van der Waals surface area contributed by atoms with Crippen molar-refractivity contribution in [2.45, 2.75) is 19.6 Å². The summed E-state index contributed by atoms with van der Waals surface area (Å²) in [7, 11) is 1.71. The molecule has 0 radical (unpaired) electrons. The minimum absolute atomic E-state index is 0. The Balaban J connectivity index is 0.00000341. The van der Waals surface area contributed by atoms with E-state index < -0.39 is 0 Å². The van der Waals surface area contributed by atoms with Gasteiger partial charge in [0.25, 0.3) is 0 Å². The molecule has 0 bridgehead atoms. The molecule has 1 aliphatic heterocycles. The first-order chi connectivity index (χ1) is 14.5. The number of hydrogen-bond donors (Lipinski definition) is 3. The lowest BCUT2D eigenvalue weighted by Gasteiger charge is -2.28. The van der Waals surface area contributed by atoms with E-state index in [4.69, 9.17) is 4.74 Å². The Kier molecular flexibility index (Phi) is 9.83. The van der Waals surface area contributed by atoms with Crippen LogP contribution in [0.15, 0.2) is 53.5 Å². The molecule has 1 atom stereocenters. The van der Waals surface area contributed by atoms with Crippen LogP contribution in [0.2, 0.25) is 0 Å². The first-order valence-corrected chi connectivity index (χ1v) is 10.0. The lowest BCUT2D eigenvalue weighted by Crippen LogP contribution is -2.47. The number of guanidine groups is 1. The summed E-state index contributed by atoms with van der Waals surface area (Å²) in [5.74, 6) is 0.886. The molecule has 1 saturated heterocycles. The molecule has 168 valence electrons. The van der Waals surface area contributed by atoms with Crippen LogP contribution in [-0.4, -0.2) is 51.2 Å². The summed E-state index contributed by atoms with van der Waals surface area (Å²) >= 11 is 0. The van der Waals surface area contributed by atoms with E-state index in [9.17, 15) is 9.18 Å². The highest BCUT2D eigenvalue weighted by Crippen LogP contribution is 2.16. The van der Waals surface area contributed by atoms with Crippen LogP contribution in [0.4, 0.5) is 10.1 Å². The quantitative estimate of drug-likeness (QED) is 0.286. The molecular formula is C22H29FIN5O2. The van der Waals surface area contributed by atoms with Crippen LogP contribution in [0.5, 0.6) is 5.75 Å². The number of anilines is 1.